The fourth-order valence-electron chi connectivity index (χ4n) is 4.25. The molecule has 1 aromatic rings. The van der Waals surface area contributed by atoms with Gasteiger partial charge in [-0.3, -0.25) is 14.8 Å². The molecule has 2 aliphatic rings. The first kappa shape index (κ1) is 26.8. The highest BCUT2D eigenvalue weighted by Gasteiger charge is 2.24. The summed E-state index contributed by atoms with van der Waals surface area (Å²) in [4.78, 5) is 11.3. The number of nitrogens with zero attached hydrogens (tertiary/aromatic N) is 3. The lowest BCUT2D eigenvalue weighted by Gasteiger charge is -2.35. The van der Waals surface area contributed by atoms with Crippen molar-refractivity contribution >= 4 is 41.3 Å². The highest BCUT2D eigenvalue weighted by atomic mass is 127. The van der Waals surface area contributed by atoms with E-state index in [-0.39, 0.29) is 24.0 Å². The average Bonchev–Trinajstić information content (AvgIpc) is 3.26. The second-order valence-electron chi connectivity index (χ2n) is 8.20. The maximum atomic E-state index is 5.83. The van der Waals surface area contributed by atoms with Crippen LogP contribution >= 0.6 is 35.3 Å². The van der Waals surface area contributed by atoms with Gasteiger partial charge in [0.15, 0.2) is 5.96 Å². The number of hydrogen-bond donors (Lipinski definition) is 2. The van der Waals surface area contributed by atoms with Gasteiger partial charge in [-0.2, -0.15) is 0 Å². The molecule has 3 rings (SSSR count). The lowest BCUT2D eigenvalue weighted by atomic mass is 10.2. The third-order valence-electron chi connectivity index (χ3n) is 5.56. The number of hydrogen-bond acceptors (Lipinski definition) is 6. The Kier molecular flexibility index (Phi) is 12.7. The molecule has 2 N–H and O–H groups in total. The van der Waals surface area contributed by atoms with E-state index >= 15 is 0 Å². The van der Waals surface area contributed by atoms with Gasteiger partial charge >= 0.3 is 0 Å². The molecule has 7 nitrogen and oxygen atoms in total. The molecule has 3 unspecified atom stereocenters. The first-order valence-corrected chi connectivity index (χ1v) is 12.3. The van der Waals surface area contributed by atoms with E-state index in [9.17, 15) is 0 Å². The van der Waals surface area contributed by atoms with E-state index in [1.165, 1.54) is 4.88 Å². The van der Waals surface area contributed by atoms with E-state index in [1.54, 1.807) is 0 Å². The summed E-state index contributed by atoms with van der Waals surface area (Å²) in [7, 11) is 0. The van der Waals surface area contributed by atoms with Gasteiger partial charge in [0, 0.05) is 50.7 Å². The Bertz CT molecular complexity index is 617. The van der Waals surface area contributed by atoms with Crippen molar-refractivity contribution in [3.05, 3.63) is 22.4 Å². The summed E-state index contributed by atoms with van der Waals surface area (Å²) < 4.78 is 11.4. The van der Waals surface area contributed by atoms with Gasteiger partial charge in [-0.25, -0.2) is 0 Å². The van der Waals surface area contributed by atoms with Crippen molar-refractivity contribution in [3.63, 3.8) is 0 Å². The summed E-state index contributed by atoms with van der Waals surface area (Å²) in [5.74, 6) is 0.913. The second kappa shape index (κ2) is 14.6. The van der Waals surface area contributed by atoms with Crippen LogP contribution in [0.25, 0.3) is 0 Å². The van der Waals surface area contributed by atoms with Crippen molar-refractivity contribution in [1.82, 2.24) is 20.4 Å². The van der Waals surface area contributed by atoms with Crippen LogP contribution in [0.5, 0.6) is 0 Å². The van der Waals surface area contributed by atoms with Gasteiger partial charge in [-0.05, 0) is 38.6 Å². The van der Waals surface area contributed by atoms with Crippen LogP contribution in [0, 0.1) is 0 Å². The molecular weight excluding hydrogens is 525 g/mol. The number of rotatable bonds is 9. The molecule has 3 atom stereocenters. The van der Waals surface area contributed by atoms with Crippen molar-refractivity contribution in [2.45, 2.75) is 45.4 Å². The maximum absolute atomic E-state index is 5.83. The Morgan fingerprint density at radius 2 is 1.97 bits per heavy atom. The Hall–Kier alpha value is -0.460. The van der Waals surface area contributed by atoms with Crippen LogP contribution < -0.4 is 10.6 Å². The van der Waals surface area contributed by atoms with E-state index in [0.29, 0.717) is 18.2 Å². The van der Waals surface area contributed by atoms with Crippen LogP contribution in [-0.2, 0) is 9.47 Å². The zero-order valence-electron chi connectivity index (χ0n) is 19.2. The Morgan fingerprint density at radius 1 is 1.23 bits per heavy atom. The van der Waals surface area contributed by atoms with E-state index in [0.717, 1.165) is 78.0 Å². The quantitative estimate of drug-likeness (QED) is 0.208. The second-order valence-corrected chi connectivity index (χ2v) is 9.18. The zero-order valence-corrected chi connectivity index (χ0v) is 22.4. The molecule has 0 aliphatic carbocycles. The van der Waals surface area contributed by atoms with Gasteiger partial charge in [0.05, 0.1) is 38.0 Å². The van der Waals surface area contributed by atoms with Crippen molar-refractivity contribution in [1.29, 1.82) is 0 Å². The van der Waals surface area contributed by atoms with Gasteiger partial charge in [-0.1, -0.05) is 6.07 Å². The summed E-state index contributed by atoms with van der Waals surface area (Å²) in [6, 6.07) is 4.68. The first-order chi connectivity index (χ1) is 14.7. The third-order valence-corrected chi connectivity index (χ3v) is 6.54. The lowest BCUT2D eigenvalue weighted by molar-refractivity contribution is -0.0679. The summed E-state index contributed by atoms with van der Waals surface area (Å²) >= 11 is 1.82. The van der Waals surface area contributed by atoms with Gasteiger partial charge in [-0.15, -0.1) is 35.3 Å². The van der Waals surface area contributed by atoms with E-state index < -0.39 is 0 Å². The number of guanidine groups is 1. The summed E-state index contributed by atoms with van der Waals surface area (Å²) in [5.41, 5.74) is 0. The molecule has 0 radical (unpaired) electrons. The largest absolute Gasteiger partial charge is 0.379 e. The minimum Gasteiger partial charge on any atom is -0.379 e. The Balaban J connectivity index is 0.00000341. The van der Waals surface area contributed by atoms with Crippen LogP contribution in [0.2, 0.25) is 0 Å². The minimum atomic E-state index is 0. The van der Waals surface area contributed by atoms with Crippen molar-refractivity contribution < 1.29 is 9.47 Å². The number of ether oxygens (including phenoxy) is 2. The number of thiophene rings is 1. The van der Waals surface area contributed by atoms with Crippen LogP contribution in [0.15, 0.2) is 22.5 Å². The molecule has 31 heavy (non-hydrogen) atoms. The topological polar surface area (TPSA) is 61.4 Å². The minimum absolute atomic E-state index is 0. The summed E-state index contributed by atoms with van der Waals surface area (Å²) in [6.07, 6.45) is 1.76. The SMILES string of the molecule is CCNC(=NCC(c1cccs1)N1CCOCC1)NCCCN1CC(C)OC(C)C1.I. The number of halogens is 1. The highest BCUT2D eigenvalue weighted by molar-refractivity contribution is 14.0. The molecule has 0 aromatic carbocycles. The number of aliphatic imine (C=N–C) groups is 1. The van der Waals surface area contributed by atoms with E-state index in [1.807, 2.05) is 11.3 Å². The normalized spacial score (nSPS) is 24.4. The monoisotopic (exact) mass is 565 g/mol. The lowest BCUT2D eigenvalue weighted by Crippen LogP contribution is -2.46. The van der Waals surface area contributed by atoms with Gasteiger partial charge in [0.1, 0.15) is 0 Å². The Morgan fingerprint density at radius 3 is 2.61 bits per heavy atom. The fourth-order valence-corrected chi connectivity index (χ4v) is 5.10. The molecule has 0 saturated carbocycles. The highest BCUT2D eigenvalue weighted by Crippen LogP contribution is 2.26. The maximum Gasteiger partial charge on any atom is 0.191 e. The third kappa shape index (κ3) is 9.13. The molecule has 9 heteroatoms. The van der Waals surface area contributed by atoms with E-state index in [2.05, 4.69) is 58.7 Å². The average molecular weight is 566 g/mol. The summed E-state index contributed by atoms with van der Waals surface area (Å²) in [6.45, 7) is 15.7. The molecule has 178 valence electrons. The molecular formula is C22H40IN5O2S. The molecule has 2 fully saturated rings. The molecule has 2 aliphatic heterocycles. The molecule has 1 aromatic heterocycles. The standard InChI is InChI=1S/C22H39N5O2S.HI/c1-4-23-22(24-8-6-9-26-16-18(2)29-19(3)17-26)25-15-20(21-7-5-14-30-21)27-10-12-28-13-11-27;/h5,7,14,18-20H,4,6,8-13,15-17H2,1-3H3,(H2,23,24,25);1H. The van der Waals surface area contributed by atoms with Crippen LogP contribution in [0.4, 0.5) is 0 Å². The number of nitrogens with one attached hydrogen (secondary N) is 2. The predicted octanol–water partition coefficient (Wildman–Crippen LogP) is 2.79. The molecule has 0 spiro atoms. The Labute approximate surface area is 209 Å². The predicted molar refractivity (Wildman–Crippen MR) is 140 cm³/mol. The van der Waals surface area contributed by atoms with Gasteiger partial charge < -0.3 is 20.1 Å². The zero-order chi connectivity index (χ0) is 21.2. The first-order valence-electron chi connectivity index (χ1n) is 11.4. The molecule has 0 amide bonds. The number of morpholine rings is 2. The van der Waals surface area contributed by atoms with Crippen LogP contribution in [0.1, 0.15) is 38.1 Å². The molecule has 0 bridgehead atoms. The van der Waals surface area contributed by atoms with Crippen LogP contribution in [0.3, 0.4) is 0 Å². The summed E-state index contributed by atoms with van der Waals surface area (Å²) in [5, 5.41) is 9.09. The van der Waals surface area contributed by atoms with Crippen LogP contribution in [-0.4, -0.2) is 93.5 Å². The van der Waals surface area contributed by atoms with Crippen molar-refractivity contribution in [2.24, 2.45) is 4.99 Å². The van der Waals surface area contributed by atoms with Crippen molar-refractivity contribution in [3.8, 4) is 0 Å². The van der Waals surface area contributed by atoms with Gasteiger partial charge in [0.2, 0.25) is 0 Å². The van der Waals surface area contributed by atoms with E-state index in [4.69, 9.17) is 14.5 Å². The molecule has 2 saturated heterocycles. The fraction of sp³-hybridized carbons (Fsp3) is 0.773. The smallest absolute Gasteiger partial charge is 0.191 e. The van der Waals surface area contributed by atoms with Crippen molar-refractivity contribution in [2.75, 3.05) is 65.6 Å². The molecule has 3 heterocycles. The van der Waals surface area contributed by atoms with Gasteiger partial charge in [0.25, 0.3) is 0 Å².